The Balaban J connectivity index is 1.85. The van der Waals surface area contributed by atoms with Gasteiger partial charge in [-0.2, -0.15) is 8.42 Å². The van der Waals surface area contributed by atoms with Crippen LogP contribution in [0.5, 0.6) is 5.75 Å². The molecule has 5 nitrogen and oxygen atoms in total. The molecule has 0 saturated carbocycles. The summed E-state index contributed by atoms with van der Waals surface area (Å²) in [6, 6.07) is 15.9. The number of carbonyl (C=O) groups excluding carboxylic acids is 1. The molecule has 0 heterocycles. The van der Waals surface area contributed by atoms with Gasteiger partial charge in [0.2, 0.25) is 0 Å². The Bertz CT molecular complexity index is 1190. The zero-order chi connectivity index (χ0) is 21.9. The maximum Gasteiger partial charge on any atom is 0.342 e. The lowest BCUT2D eigenvalue weighted by molar-refractivity contribution is 0.0471. The summed E-state index contributed by atoms with van der Waals surface area (Å²) in [6.07, 6.45) is 0. The van der Waals surface area contributed by atoms with Gasteiger partial charge in [-0.05, 0) is 55.3 Å². The lowest BCUT2D eigenvalue weighted by Gasteiger charge is -2.13. The van der Waals surface area contributed by atoms with E-state index in [0.717, 1.165) is 5.56 Å². The van der Waals surface area contributed by atoms with Crippen LogP contribution in [0.1, 0.15) is 27.0 Å². The third-order valence-electron chi connectivity index (χ3n) is 4.33. The Labute approximate surface area is 185 Å². The van der Waals surface area contributed by atoms with Crippen molar-refractivity contribution in [1.82, 2.24) is 0 Å². The maximum atomic E-state index is 12.8. The van der Waals surface area contributed by atoms with Gasteiger partial charge >= 0.3 is 16.1 Å². The minimum Gasteiger partial charge on any atom is -0.457 e. The molecule has 30 heavy (non-hydrogen) atoms. The summed E-state index contributed by atoms with van der Waals surface area (Å²) in [5.74, 6) is -0.897. The largest absolute Gasteiger partial charge is 0.457 e. The molecule has 0 amide bonds. The maximum absolute atomic E-state index is 12.8. The van der Waals surface area contributed by atoms with Gasteiger partial charge in [0, 0.05) is 15.6 Å². The Morgan fingerprint density at radius 1 is 0.933 bits per heavy atom. The standard InChI is InChI=1S/C22H18Cl2O5S/c1-14-10-11-15(2)21(12-14)30(26,27)29-20-9-4-3-6-16(20)22(25)28-13-17-18(23)7-5-8-19(17)24/h3-12H,13H2,1-2H3. The first-order valence-electron chi connectivity index (χ1n) is 8.90. The number of ether oxygens (including phenoxy) is 1. The summed E-state index contributed by atoms with van der Waals surface area (Å²) < 4.78 is 36.2. The van der Waals surface area contributed by atoms with Crippen LogP contribution < -0.4 is 4.18 Å². The Morgan fingerprint density at radius 2 is 1.60 bits per heavy atom. The molecule has 0 unspecified atom stereocenters. The van der Waals surface area contributed by atoms with Crippen LogP contribution in [-0.2, 0) is 21.5 Å². The molecular weight excluding hydrogens is 447 g/mol. The number of aryl methyl sites for hydroxylation is 2. The smallest absolute Gasteiger partial charge is 0.342 e. The first-order valence-corrected chi connectivity index (χ1v) is 11.1. The average molecular weight is 465 g/mol. The van der Waals surface area contributed by atoms with Gasteiger partial charge in [-0.3, -0.25) is 0 Å². The second-order valence-corrected chi connectivity index (χ2v) is 8.91. The second-order valence-electron chi connectivity index (χ2n) is 6.58. The van der Waals surface area contributed by atoms with Crippen LogP contribution in [0.3, 0.4) is 0 Å². The topological polar surface area (TPSA) is 69.7 Å². The van der Waals surface area contributed by atoms with E-state index in [9.17, 15) is 13.2 Å². The molecule has 0 bridgehead atoms. The van der Waals surface area contributed by atoms with E-state index in [2.05, 4.69) is 0 Å². The Morgan fingerprint density at radius 3 is 2.30 bits per heavy atom. The molecule has 0 radical (unpaired) electrons. The molecule has 0 aromatic heterocycles. The van der Waals surface area contributed by atoms with Crippen molar-refractivity contribution in [2.45, 2.75) is 25.3 Å². The number of benzene rings is 3. The zero-order valence-corrected chi connectivity index (χ0v) is 18.5. The second kappa shape index (κ2) is 9.08. The van der Waals surface area contributed by atoms with E-state index in [-0.39, 0.29) is 22.8 Å². The molecule has 0 aliphatic carbocycles. The molecule has 8 heteroatoms. The highest BCUT2D eigenvalue weighted by molar-refractivity contribution is 7.87. The fourth-order valence-corrected chi connectivity index (χ4v) is 4.50. The highest BCUT2D eigenvalue weighted by Gasteiger charge is 2.23. The lowest BCUT2D eigenvalue weighted by Crippen LogP contribution is -2.15. The van der Waals surface area contributed by atoms with Crippen LogP contribution in [0, 0.1) is 13.8 Å². The van der Waals surface area contributed by atoms with E-state index >= 15 is 0 Å². The summed E-state index contributed by atoms with van der Waals surface area (Å²) in [6.45, 7) is 3.28. The third kappa shape index (κ3) is 4.95. The van der Waals surface area contributed by atoms with Gasteiger partial charge in [0.05, 0.1) is 0 Å². The summed E-state index contributed by atoms with van der Waals surface area (Å²) in [5.41, 5.74) is 1.73. The molecule has 3 aromatic rings. The minimum absolute atomic E-state index is 0.0328. The molecule has 3 rings (SSSR count). The molecule has 0 fully saturated rings. The van der Waals surface area contributed by atoms with Gasteiger partial charge < -0.3 is 8.92 Å². The van der Waals surface area contributed by atoms with Crippen LogP contribution in [0.4, 0.5) is 0 Å². The van der Waals surface area contributed by atoms with E-state index in [1.54, 1.807) is 56.3 Å². The van der Waals surface area contributed by atoms with Crippen LogP contribution in [0.2, 0.25) is 10.0 Å². The Kier molecular flexibility index (Phi) is 6.71. The van der Waals surface area contributed by atoms with Gasteiger partial charge in [0.25, 0.3) is 0 Å². The Hall–Kier alpha value is -2.54. The molecule has 3 aromatic carbocycles. The highest BCUT2D eigenvalue weighted by Crippen LogP contribution is 2.28. The molecule has 0 atom stereocenters. The van der Waals surface area contributed by atoms with Gasteiger partial charge in [0.15, 0.2) is 5.75 Å². The van der Waals surface area contributed by atoms with Gasteiger partial charge in [-0.1, -0.05) is 53.5 Å². The van der Waals surface area contributed by atoms with Gasteiger partial charge in [-0.15, -0.1) is 0 Å². The van der Waals surface area contributed by atoms with Crippen molar-refractivity contribution >= 4 is 39.3 Å². The zero-order valence-electron chi connectivity index (χ0n) is 16.2. The van der Waals surface area contributed by atoms with Gasteiger partial charge in [-0.25, -0.2) is 4.79 Å². The van der Waals surface area contributed by atoms with Crippen LogP contribution in [0.15, 0.2) is 65.6 Å². The predicted octanol–water partition coefficient (Wildman–Crippen LogP) is 5.73. The number of hydrogen-bond acceptors (Lipinski definition) is 5. The average Bonchev–Trinajstić information content (AvgIpc) is 2.69. The monoisotopic (exact) mass is 464 g/mol. The van der Waals surface area contributed by atoms with Crippen molar-refractivity contribution in [1.29, 1.82) is 0 Å². The highest BCUT2D eigenvalue weighted by atomic mass is 35.5. The number of hydrogen-bond donors (Lipinski definition) is 0. The SMILES string of the molecule is Cc1ccc(C)c(S(=O)(=O)Oc2ccccc2C(=O)OCc2c(Cl)cccc2Cl)c1. The lowest BCUT2D eigenvalue weighted by atomic mass is 10.2. The normalized spacial score (nSPS) is 11.2. The fraction of sp³-hybridized carbons (Fsp3) is 0.136. The molecule has 0 aliphatic rings. The molecule has 156 valence electrons. The van der Waals surface area contributed by atoms with Crippen LogP contribution >= 0.6 is 23.2 Å². The van der Waals surface area contributed by atoms with E-state index in [1.165, 1.54) is 18.2 Å². The first kappa shape index (κ1) is 22.2. The first-order chi connectivity index (χ1) is 14.2. The van der Waals surface area contributed by atoms with Crippen molar-refractivity contribution < 1.29 is 22.1 Å². The predicted molar refractivity (Wildman–Crippen MR) is 116 cm³/mol. The van der Waals surface area contributed by atoms with E-state index < -0.39 is 16.1 Å². The van der Waals surface area contributed by atoms with E-state index in [0.29, 0.717) is 21.2 Å². The van der Waals surface area contributed by atoms with E-state index in [1.807, 2.05) is 0 Å². The molecule has 0 aliphatic heterocycles. The molecule has 0 saturated heterocycles. The fourth-order valence-electron chi connectivity index (χ4n) is 2.73. The van der Waals surface area contributed by atoms with Crippen molar-refractivity contribution in [2.24, 2.45) is 0 Å². The molecular formula is C22H18Cl2O5S. The van der Waals surface area contributed by atoms with Crippen LogP contribution in [0.25, 0.3) is 0 Å². The number of para-hydroxylation sites is 1. The number of rotatable bonds is 6. The number of halogens is 2. The summed E-state index contributed by atoms with van der Waals surface area (Å²) >= 11 is 12.2. The number of esters is 1. The minimum atomic E-state index is -4.15. The molecule has 0 spiro atoms. The quantitative estimate of drug-likeness (QED) is 0.343. The summed E-state index contributed by atoms with van der Waals surface area (Å²) in [7, 11) is -4.15. The van der Waals surface area contributed by atoms with Gasteiger partial charge in [0.1, 0.15) is 17.1 Å². The van der Waals surface area contributed by atoms with E-state index in [4.69, 9.17) is 32.1 Å². The number of carbonyl (C=O) groups is 1. The third-order valence-corrected chi connectivity index (χ3v) is 6.41. The van der Waals surface area contributed by atoms with Crippen LogP contribution in [-0.4, -0.2) is 14.4 Å². The molecule has 0 N–H and O–H groups in total. The van der Waals surface area contributed by atoms with Crippen molar-refractivity contribution in [2.75, 3.05) is 0 Å². The van der Waals surface area contributed by atoms with Crippen molar-refractivity contribution in [3.05, 3.63) is 93.0 Å². The summed E-state index contributed by atoms with van der Waals surface area (Å²) in [4.78, 5) is 12.7. The van der Waals surface area contributed by atoms with Crippen molar-refractivity contribution in [3.63, 3.8) is 0 Å². The summed E-state index contributed by atoms with van der Waals surface area (Å²) in [5, 5.41) is 0.717. The van der Waals surface area contributed by atoms with Crippen molar-refractivity contribution in [3.8, 4) is 5.75 Å².